The molecule has 92 valence electrons. The van der Waals surface area contributed by atoms with Gasteiger partial charge in [-0.1, -0.05) is 11.6 Å². The summed E-state index contributed by atoms with van der Waals surface area (Å²) in [6.07, 6.45) is 3.04. The van der Waals surface area contributed by atoms with Crippen molar-refractivity contribution in [3.05, 3.63) is 53.1 Å². The summed E-state index contributed by atoms with van der Waals surface area (Å²) in [6.45, 7) is 0.312. The summed E-state index contributed by atoms with van der Waals surface area (Å²) in [5.41, 5.74) is 7.18. The van der Waals surface area contributed by atoms with Crippen LogP contribution < -0.4 is 11.1 Å². The number of nitrogen functional groups attached to an aromatic ring is 1. The van der Waals surface area contributed by atoms with Crippen molar-refractivity contribution < 1.29 is 4.79 Å². The highest BCUT2D eigenvalue weighted by atomic mass is 35.5. The van der Waals surface area contributed by atoms with Crippen molar-refractivity contribution in [3.8, 4) is 0 Å². The molecule has 2 aromatic rings. The number of nitrogens with one attached hydrogen (secondary N) is 1. The molecule has 0 saturated heterocycles. The molecule has 0 spiro atoms. The van der Waals surface area contributed by atoms with Crippen molar-refractivity contribution in [1.29, 1.82) is 0 Å². The SMILES string of the molecule is Nc1ccc(Cl)c(C(=O)NCc2ccncn2)c1. The van der Waals surface area contributed by atoms with E-state index in [1.54, 1.807) is 24.4 Å². The summed E-state index contributed by atoms with van der Waals surface area (Å²) in [6, 6.07) is 6.50. The third-order valence-corrected chi connectivity index (χ3v) is 2.64. The van der Waals surface area contributed by atoms with Crippen molar-refractivity contribution in [2.24, 2.45) is 0 Å². The first-order valence-corrected chi connectivity index (χ1v) is 5.63. The average molecular weight is 263 g/mol. The summed E-state index contributed by atoms with van der Waals surface area (Å²) in [5.74, 6) is -0.286. The Morgan fingerprint density at radius 3 is 2.94 bits per heavy atom. The summed E-state index contributed by atoms with van der Waals surface area (Å²) < 4.78 is 0. The number of nitrogens with two attached hydrogens (primary N) is 1. The van der Waals surface area contributed by atoms with Crippen LogP contribution in [0, 0.1) is 0 Å². The van der Waals surface area contributed by atoms with E-state index in [4.69, 9.17) is 17.3 Å². The molecule has 1 heterocycles. The maximum Gasteiger partial charge on any atom is 0.253 e. The number of aromatic nitrogens is 2. The van der Waals surface area contributed by atoms with Crippen molar-refractivity contribution in [1.82, 2.24) is 15.3 Å². The Hall–Kier alpha value is -2.14. The first kappa shape index (κ1) is 12.3. The number of hydrogen-bond donors (Lipinski definition) is 2. The summed E-state index contributed by atoms with van der Waals surface area (Å²) in [4.78, 5) is 19.7. The van der Waals surface area contributed by atoms with Gasteiger partial charge >= 0.3 is 0 Å². The van der Waals surface area contributed by atoms with Gasteiger partial charge in [-0.3, -0.25) is 4.79 Å². The lowest BCUT2D eigenvalue weighted by atomic mass is 10.2. The minimum absolute atomic E-state index is 0.286. The Balaban J connectivity index is 2.06. The number of carbonyl (C=O) groups excluding carboxylic acids is 1. The molecular formula is C12H11ClN4O. The Kier molecular flexibility index (Phi) is 3.74. The van der Waals surface area contributed by atoms with Gasteiger partial charge in [0, 0.05) is 11.9 Å². The highest BCUT2D eigenvalue weighted by Crippen LogP contribution is 2.18. The van der Waals surface area contributed by atoms with Crippen molar-refractivity contribution >= 4 is 23.2 Å². The molecule has 0 fully saturated rings. The molecule has 3 N–H and O–H groups in total. The molecule has 0 aliphatic rings. The van der Waals surface area contributed by atoms with E-state index in [0.717, 1.165) is 5.69 Å². The number of carbonyl (C=O) groups is 1. The van der Waals surface area contributed by atoms with Gasteiger partial charge in [-0.05, 0) is 24.3 Å². The molecule has 0 radical (unpaired) electrons. The van der Waals surface area contributed by atoms with Gasteiger partial charge < -0.3 is 11.1 Å². The Morgan fingerprint density at radius 2 is 2.22 bits per heavy atom. The van der Waals surface area contributed by atoms with E-state index in [9.17, 15) is 4.79 Å². The fraction of sp³-hybridized carbons (Fsp3) is 0.0833. The van der Waals surface area contributed by atoms with Gasteiger partial charge in [0.1, 0.15) is 6.33 Å². The van der Waals surface area contributed by atoms with Gasteiger partial charge in [0.2, 0.25) is 0 Å². The van der Waals surface area contributed by atoms with E-state index < -0.39 is 0 Å². The van der Waals surface area contributed by atoms with Crippen LogP contribution in [0.25, 0.3) is 0 Å². The highest BCUT2D eigenvalue weighted by Gasteiger charge is 2.10. The number of hydrogen-bond acceptors (Lipinski definition) is 4. The van der Waals surface area contributed by atoms with E-state index in [2.05, 4.69) is 15.3 Å². The van der Waals surface area contributed by atoms with Crippen molar-refractivity contribution in [2.75, 3.05) is 5.73 Å². The number of amides is 1. The quantitative estimate of drug-likeness (QED) is 0.824. The molecule has 0 unspecified atom stereocenters. The van der Waals surface area contributed by atoms with Crippen molar-refractivity contribution in [2.45, 2.75) is 6.54 Å². The largest absolute Gasteiger partial charge is 0.399 e. The standard InChI is InChI=1S/C12H11ClN4O/c13-11-2-1-8(14)5-10(11)12(18)16-6-9-3-4-15-7-17-9/h1-5,7H,6,14H2,(H,16,18). The van der Waals surface area contributed by atoms with Crippen LogP contribution in [0.4, 0.5) is 5.69 Å². The second-order valence-electron chi connectivity index (χ2n) is 3.62. The molecule has 5 nitrogen and oxygen atoms in total. The number of nitrogens with zero attached hydrogens (tertiary/aromatic N) is 2. The van der Waals surface area contributed by atoms with Crippen LogP contribution in [0.1, 0.15) is 16.1 Å². The maximum absolute atomic E-state index is 11.9. The summed E-state index contributed by atoms with van der Waals surface area (Å²) in [5, 5.41) is 3.08. The van der Waals surface area contributed by atoms with Crippen LogP contribution in [-0.2, 0) is 6.54 Å². The minimum Gasteiger partial charge on any atom is -0.399 e. The molecule has 0 saturated carbocycles. The summed E-state index contributed by atoms with van der Waals surface area (Å²) >= 11 is 5.93. The lowest BCUT2D eigenvalue weighted by Gasteiger charge is -2.07. The molecule has 0 aliphatic carbocycles. The number of halogens is 1. The maximum atomic E-state index is 11.9. The zero-order chi connectivity index (χ0) is 13.0. The van der Waals surface area contributed by atoms with Crippen LogP contribution in [0.15, 0.2) is 36.8 Å². The number of rotatable bonds is 3. The Morgan fingerprint density at radius 1 is 1.39 bits per heavy atom. The van der Waals surface area contributed by atoms with E-state index in [-0.39, 0.29) is 5.91 Å². The highest BCUT2D eigenvalue weighted by molar-refractivity contribution is 6.34. The van der Waals surface area contributed by atoms with E-state index in [1.807, 2.05) is 0 Å². The topological polar surface area (TPSA) is 80.9 Å². The van der Waals surface area contributed by atoms with E-state index in [0.29, 0.717) is 22.8 Å². The van der Waals surface area contributed by atoms with Crippen LogP contribution >= 0.6 is 11.6 Å². The zero-order valence-electron chi connectivity index (χ0n) is 9.43. The molecule has 6 heteroatoms. The lowest BCUT2D eigenvalue weighted by Crippen LogP contribution is -2.23. The molecule has 2 rings (SSSR count). The van der Waals surface area contributed by atoms with Gasteiger partial charge in [-0.15, -0.1) is 0 Å². The Labute approximate surface area is 109 Å². The lowest BCUT2D eigenvalue weighted by molar-refractivity contribution is 0.0950. The molecule has 0 bridgehead atoms. The molecule has 0 atom stereocenters. The number of anilines is 1. The van der Waals surface area contributed by atoms with Crippen molar-refractivity contribution in [3.63, 3.8) is 0 Å². The van der Waals surface area contributed by atoms with Crippen LogP contribution in [0.2, 0.25) is 5.02 Å². The molecular weight excluding hydrogens is 252 g/mol. The molecule has 1 amide bonds. The van der Waals surface area contributed by atoms with Crippen LogP contribution in [0.3, 0.4) is 0 Å². The van der Waals surface area contributed by atoms with Gasteiger partial charge in [0.15, 0.2) is 0 Å². The van der Waals surface area contributed by atoms with Crippen LogP contribution in [0.5, 0.6) is 0 Å². The smallest absolute Gasteiger partial charge is 0.253 e. The number of benzene rings is 1. The first-order chi connectivity index (χ1) is 8.66. The van der Waals surface area contributed by atoms with E-state index >= 15 is 0 Å². The molecule has 1 aromatic heterocycles. The summed E-state index contributed by atoms with van der Waals surface area (Å²) in [7, 11) is 0. The predicted molar refractivity (Wildman–Crippen MR) is 69.1 cm³/mol. The van der Waals surface area contributed by atoms with Gasteiger partial charge in [-0.2, -0.15) is 0 Å². The van der Waals surface area contributed by atoms with Gasteiger partial charge in [-0.25, -0.2) is 9.97 Å². The molecule has 18 heavy (non-hydrogen) atoms. The second-order valence-corrected chi connectivity index (χ2v) is 4.03. The average Bonchev–Trinajstić information content (AvgIpc) is 2.40. The molecule has 0 aliphatic heterocycles. The fourth-order valence-corrected chi connectivity index (χ4v) is 1.61. The zero-order valence-corrected chi connectivity index (χ0v) is 10.2. The Bertz CT molecular complexity index is 559. The van der Waals surface area contributed by atoms with Gasteiger partial charge in [0.25, 0.3) is 5.91 Å². The minimum atomic E-state index is -0.286. The third kappa shape index (κ3) is 2.95. The monoisotopic (exact) mass is 262 g/mol. The van der Waals surface area contributed by atoms with E-state index in [1.165, 1.54) is 12.4 Å². The molecule has 1 aromatic carbocycles. The van der Waals surface area contributed by atoms with Crippen LogP contribution in [-0.4, -0.2) is 15.9 Å². The van der Waals surface area contributed by atoms with Gasteiger partial charge in [0.05, 0.1) is 22.8 Å². The third-order valence-electron chi connectivity index (χ3n) is 2.31. The fourth-order valence-electron chi connectivity index (χ4n) is 1.41. The predicted octanol–water partition coefficient (Wildman–Crippen LogP) is 1.64. The second kappa shape index (κ2) is 5.46. The normalized spacial score (nSPS) is 10.1. The first-order valence-electron chi connectivity index (χ1n) is 5.25.